The van der Waals surface area contributed by atoms with Crippen LogP contribution >= 0.6 is 0 Å². The Morgan fingerprint density at radius 3 is 2.55 bits per heavy atom. The van der Waals surface area contributed by atoms with Crippen LogP contribution in [-0.2, 0) is 11.3 Å². The Labute approximate surface area is 114 Å². The lowest BCUT2D eigenvalue weighted by Crippen LogP contribution is -2.36. The molecular formula is C12H13N5O3. The fraction of sp³-hybridized carbons (Fsp3) is 0.167. The highest BCUT2D eigenvalue weighted by Gasteiger charge is 2.16. The molecule has 2 aromatic rings. The summed E-state index contributed by atoms with van der Waals surface area (Å²) in [4.78, 5) is 23.1. The van der Waals surface area contributed by atoms with Crippen LogP contribution in [0.1, 0.15) is 16.1 Å². The molecular weight excluding hydrogens is 262 g/mol. The molecule has 0 unspecified atom stereocenters. The number of nitrogens with one attached hydrogen (secondary N) is 2. The van der Waals surface area contributed by atoms with E-state index in [2.05, 4.69) is 25.6 Å². The van der Waals surface area contributed by atoms with Gasteiger partial charge >= 0.3 is 0 Å². The van der Waals surface area contributed by atoms with Crippen LogP contribution in [0.25, 0.3) is 0 Å². The van der Waals surface area contributed by atoms with Crippen molar-refractivity contribution in [1.82, 2.24) is 20.9 Å². The van der Waals surface area contributed by atoms with E-state index < -0.39 is 5.91 Å². The van der Waals surface area contributed by atoms with Gasteiger partial charge < -0.3 is 16.4 Å². The van der Waals surface area contributed by atoms with Crippen molar-refractivity contribution in [3.8, 4) is 0 Å². The molecule has 0 bridgehead atoms. The zero-order chi connectivity index (χ0) is 14.4. The second kappa shape index (κ2) is 6.32. The Balaban J connectivity index is 1.75. The van der Waals surface area contributed by atoms with Gasteiger partial charge in [-0.15, -0.1) is 0 Å². The molecule has 0 spiro atoms. The molecule has 0 aliphatic rings. The molecule has 0 saturated carbocycles. The van der Waals surface area contributed by atoms with Gasteiger partial charge in [-0.3, -0.25) is 9.59 Å². The molecule has 20 heavy (non-hydrogen) atoms. The molecule has 1 heterocycles. The van der Waals surface area contributed by atoms with Crippen molar-refractivity contribution in [3.05, 3.63) is 41.6 Å². The molecule has 8 nitrogen and oxygen atoms in total. The summed E-state index contributed by atoms with van der Waals surface area (Å²) >= 11 is 0. The van der Waals surface area contributed by atoms with Gasteiger partial charge in [0, 0.05) is 6.54 Å². The summed E-state index contributed by atoms with van der Waals surface area (Å²) in [6, 6.07) is 9.43. The fourth-order valence-electron chi connectivity index (χ4n) is 1.46. The molecule has 0 atom stereocenters. The number of carbonyl (C=O) groups excluding carboxylic acids is 2. The van der Waals surface area contributed by atoms with E-state index in [0.29, 0.717) is 6.54 Å². The first-order valence-electron chi connectivity index (χ1n) is 5.83. The Morgan fingerprint density at radius 1 is 1.15 bits per heavy atom. The smallest absolute Gasteiger partial charge is 0.277 e. The van der Waals surface area contributed by atoms with E-state index >= 15 is 0 Å². The highest BCUT2D eigenvalue weighted by molar-refractivity contribution is 5.97. The number of rotatable bonds is 5. The lowest BCUT2D eigenvalue weighted by molar-refractivity contribution is -0.120. The molecule has 8 heteroatoms. The zero-order valence-electron chi connectivity index (χ0n) is 10.5. The monoisotopic (exact) mass is 275 g/mol. The van der Waals surface area contributed by atoms with Crippen molar-refractivity contribution in [2.45, 2.75) is 6.54 Å². The molecule has 0 aliphatic heterocycles. The van der Waals surface area contributed by atoms with E-state index in [1.54, 1.807) is 0 Å². The number of nitrogens with zero attached hydrogens (tertiary/aromatic N) is 2. The highest BCUT2D eigenvalue weighted by Crippen LogP contribution is 2.02. The molecule has 0 saturated heterocycles. The number of aromatic nitrogens is 2. The lowest BCUT2D eigenvalue weighted by atomic mass is 10.2. The second-order valence-corrected chi connectivity index (χ2v) is 3.94. The summed E-state index contributed by atoms with van der Waals surface area (Å²) < 4.78 is 4.29. The third kappa shape index (κ3) is 3.55. The fourth-order valence-corrected chi connectivity index (χ4v) is 1.46. The van der Waals surface area contributed by atoms with E-state index in [1.165, 1.54) is 0 Å². The molecule has 1 aromatic carbocycles. The van der Waals surface area contributed by atoms with Gasteiger partial charge in [-0.05, 0) is 15.9 Å². The average molecular weight is 275 g/mol. The van der Waals surface area contributed by atoms with Gasteiger partial charge in [-0.2, -0.15) is 0 Å². The summed E-state index contributed by atoms with van der Waals surface area (Å²) in [7, 11) is 0. The molecule has 0 aliphatic carbocycles. The summed E-state index contributed by atoms with van der Waals surface area (Å²) in [5.41, 5.74) is 6.19. The minimum Gasteiger partial charge on any atom is -0.379 e. The van der Waals surface area contributed by atoms with Crippen LogP contribution < -0.4 is 16.4 Å². The average Bonchev–Trinajstić information content (AvgIpc) is 2.90. The first kappa shape index (κ1) is 13.5. The van der Waals surface area contributed by atoms with Crippen LogP contribution in [0.3, 0.4) is 0 Å². The van der Waals surface area contributed by atoms with Crippen LogP contribution in [0.2, 0.25) is 0 Å². The van der Waals surface area contributed by atoms with Crippen molar-refractivity contribution in [1.29, 1.82) is 0 Å². The van der Waals surface area contributed by atoms with Crippen LogP contribution in [0.5, 0.6) is 0 Å². The Kier molecular flexibility index (Phi) is 4.28. The van der Waals surface area contributed by atoms with Crippen molar-refractivity contribution >= 4 is 17.6 Å². The van der Waals surface area contributed by atoms with E-state index in [1.807, 2.05) is 30.3 Å². The summed E-state index contributed by atoms with van der Waals surface area (Å²) in [6.07, 6.45) is 0. The van der Waals surface area contributed by atoms with Gasteiger partial charge in [-0.25, -0.2) is 4.63 Å². The maximum atomic E-state index is 11.6. The largest absolute Gasteiger partial charge is 0.379 e. The SMILES string of the molecule is Nc1nonc1C(=O)NCC(=O)NCc1ccccc1. The Hall–Kier alpha value is -2.90. The first-order valence-corrected chi connectivity index (χ1v) is 5.83. The molecule has 4 N–H and O–H groups in total. The summed E-state index contributed by atoms with van der Waals surface area (Å²) in [6.45, 7) is 0.209. The number of nitrogen functional groups attached to an aromatic ring is 1. The summed E-state index contributed by atoms with van der Waals surface area (Å²) in [5.74, 6) is -1.05. The zero-order valence-corrected chi connectivity index (χ0v) is 10.5. The van der Waals surface area contributed by atoms with Crippen LogP contribution in [0.15, 0.2) is 35.0 Å². The maximum absolute atomic E-state index is 11.6. The van der Waals surface area contributed by atoms with Gasteiger partial charge in [0.25, 0.3) is 5.91 Å². The van der Waals surface area contributed by atoms with Crippen molar-refractivity contribution < 1.29 is 14.2 Å². The lowest BCUT2D eigenvalue weighted by Gasteiger charge is -2.06. The third-order valence-electron chi connectivity index (χ3n) is 2.47. The normalized spacial score (nSPS) is 10.0. The Bertz CT molecular complexity index is 596. The minimum absolute atomic E-state index is 0.118. The van der Waals surface area contributed by atoms with E-state index in [-0.39, 0.29) is 24.0 Å². The molecule has 0 fully saturated rings. The van der Waals surface area contributed by atoms with Gasteiger partial charge in [0.1, 0.15) is 0 Å². The number of hydrogen-bond donors (Lipinski definition) is 3. The van der Waals surface area contributed by atoms with Crippen LogP contribution in [0, 0.1) is 0 Å². The Morgan fingerprint density at radius 2 is 1.90 bits per heavy atom. The molecule has 104 valence electrons. The van der Waals surface area contributed by atoms with Crippen molar-refractivity contribution in [2.24, 2.45) is 0 Å². The van der Waals surface area contributed by atoms with Gasteiger partial charge in [0.2, 0.25) is 17.4 Å². The second-order valence-electron chi connectivity index (χ2n) is 3.94. The number of amides is 2. The quantitative estimate of drug-likeness (QED) is 0.688. The predicted molar refractivity (Wildman–Crippen MR) is 69.3 cm³/mol. The van der Waals surface area contributed by atoms with Crippen LogP contribution in [0.4, 0.5) is 5.82 Å². The van der Waals surface area contributed by atoms with E-state index in [4.69, 9.17) is 5.73 Å². The highest BCUT2D eigenvalue weighted by atomic mass is 16.6. The standard InChI is InChI=1S/C12H13N5O3/c13-11-10(16-20-17-11)12(19)15-7-9(18)14-6-8-4-2-1-3-5-8/h1-5H,6-7H2,(H2,13,17)(H,14,18)(H,15,19). The number of hydrogen-bond acceptors (Lipinski definition) is 6. The van der Waals surface area contributed by atoms with Gasteiger partial charge in [0.15, 0.2) is 0 Å². The molecule has 2 rings (SSSR count). The number of benzene rings is 1. The number of anilines is 1. The predicted octanol–water partition coefficient (Wildman–Crippen LogP) is -0.302. The molecule has 2 amide bonds. The molecule has 0 radical (unpaired) electrons. The first-order chi connectivity index (χ1) is 9.66. The summed E-state index contributed by atoms with van der Waals surface area (Å²) in [5, 5.41) is 11.6. The minimum atomic E-state index is -0.612. The molecule has 1 aromatic heterocycles. The van der Waals surface area contributed by atoms with Gasteiger partial charge in [-0.1, -0.05) is 30.3 Å². The number of nitrogens with two attached hydrogens (primary N) is 1. The van der Waals surface area contributed by atoms with Crippen molar-refractivity contribution in [3.63, 3.8) is 0 Å². The van der Waals surface area contributed by atoms with Crippen molar-refractivity contribution in [2.75, 3.05) is 12.3 Å². The van der Waals surface area contributed by atoms with E-state index in [0.717, 1.165) is 5.56 Å². The maximum Gasteiger partial charge on any atom is 0.277 e. The van der Waals surface area contributed by atoms with Gasteiger partial charge in [0.05, 0.1) is 6.54 Å². The number of carbonyl (C=O) groups is 2. The van der Waals surface area contributed by atoms with Crippen LogP contribution in [-0.4, -0.2) is 28.7 Å². The van der Waals surface area contributed by atoms with E-state index in [9.17, 15) is 9.59 Å². The topological polar surface area (TPSA) is 123 Å². The third-order valence-corrected chi connectivity index (χ3v) is 2.47.